The van der Waals surface area contributed by atoms with E-state index in [-0.39, 0.29) is 81.4 Å². The highest BCUT2D eigenvalue weighted by molar-refractivity contribution is 14.1. The number of nitrogens with two attached hydrogens (primary N) is 1. The van der Waals surface area contributed by atoms with Crippen LogP contribution in [0.25, 0.3) is 32.5 Å². The van der Waals surface area contributed by atoms with E-state index in [1.165, 1.54) is 6.07 Å². The smallest absolute Gasteiger partial charge is 0.193 e. The van der Waals surface area contributed by atoms with Crippen molar-refractivity contribution in [3.05, 3.63) is 51.4 Å². The van der Waals surface area contributed by atoms with Gasteiger partial charge < -0.3 is 74.1 Å². The van der Waals surface area contributed by atoms with Crippen molar-refractivity contribution in [1.29, 1.82) is 0 Å². The van der Waals surface area contributed by atoms with Gasteiger partial charge in [-0.15, -0.1) is 0 Å². The first-order valence-electron chi connectivity index (χ1n) is 20.4. The van der Waals surface area contributed by atoms with Crippen molar-refractivity contribution in [1.82, 2.24) is 4.90 Å². The SMILES string of the molecule is CC1OC(OC2C(C)OC(c3ccc4c(O)c5cc(COC6CC(N)(CI)C(O)C(C)O6)c6c(=O)cc(C7(C)OC7C)oc6c5c(O)c4c3O)CC2N(C)C)CC(O)C1O. The van der Waals surface area contributed by atoms with Gasteiger partial charge in [0.05, 0.1) is 71.0 Å². The summed E-state index contributed by atoms with van der Waals surface area (Å²) in [4.78, 5) is 16.1. The van der Waals surface area contributed by atoms with Gasteiger partial charge in [-0.1, -0.05) is 28.7 Å². The van der Waals surface area contributed by atoms with Gasteiger partial charge in [0, 0.05) is 45.7 Å². The number of halogens is 1. The molecule has 0 bridgehead atoms. The molecule has 0 aliphatic carbocycles. The lowest BCUT2D eigenvalue weighted by Crippen LogP contribution is -2.63. The van der Waals surface area contributed by atoms with Crippen molar-refractivity contribution in [2.24, 2.45) is 5.73 Å². The largest absolute Gasteiger partial charge is 0.507 e. The molecule has 4 saturated heterocycles. The zero-order valence-corrected chi connectivity index (χ0v) is 36.8. The summed E-state index contributed by atoms with van der Waals surface area (Å²) in [6.45, 7) is 8.70. The van der Waals surface area contributed by atoms with E-state index >= 15 is 0 Å². The standard InChI is InChI=1S/C43H55IN2O14/c1-17-35(49)27(48)13-30(56-17)59-39-18(2)55-28(11-25(39)46(6)7)22-8-9-23-33(37(22)51)38(52)34-24(36(23)50)10-21(15-54-31-14-43(45,16-44)41(53)19(3)57-31)32-26(47)12-29(58-40(32)34)42(5)20(4)60-42/h8-10,12,17-20,25,27-28,30-31,35,39,41,48-53H,11,13-16,45H2,1-7H3. The quantitative estimate of drug-likeness (QED) is 0.0313. The van der Waals surface area contributed by atoms with Crippen LogP contribution in [0.3, 0.4) is 0 Å². The minimum Gasteiger partial charge on any atom is -0.507 e. The summed E-state index contributed by atoms with van der Waals surface area (Å²) in [6, 6.07) is 5.92. The molecular weight excluding hydrogens is 895 g/mol. The van der Waals surface area contributed by atoms with Gasteiger partial charge in [0.25, 0.3) is 0 Å². The number of phenols is 3. The zero-order chi connectivity index (χ0) is 43.3. The Morgan fingerprint density at radius 2 is 1.58 bits per heavy atom. The van der Waals surface area contributed by atoms with E-state index in [9.17, 15) is 35.4 Å². The second-order valence-electron chi connectivity index (χ2n) is 17.5. The Balaban J connectivity index is 1.20. The molecule has 328 valence electrons. The molecule has 0 amide bonds. The molecule has 8 N–H and O–H groups in total. The number of aliphatic hydroxyl groups is 3. The summed E-state index contributed by atoms with van der Waals surface area (Å²) in [5, 5.41) is 68.0. The van der Waals surface area contributed by atoms with E-state index in [0.29, 0.717) is 22.0 Å². The van der Waals surface area contributed by atoms with Gasteiger partial charge in [-0.25, -0.2) is 0 Å². The van der Waals surface area contributed by atoms with Crippen molar-refractivity contribution >= 4 is 55.1 Å². The highest BCUT2D eigenvalue weighted by Gasteiger charge is 2.53. The maximum absolute atomic E-state index is 14.1. The predicted octanol–water partition coefficient (Wildman–Crippen LogP) is 4.02. The average Bonchev–Trinajstić information content (AvgIpc) is 3.83. The molecule has 4 fully saturated rings. The van der Waals surface area contributed by atoms with E-state index in [1.807, 2.05) is 32.8 Å². The molecule has 4 aliphatic heterocycles. The summed E-state index contributed by atoms with van der Waals surface area (Å²) >= 11 is 2.12. The number of nitrogens with zero attached hydrogens (tertiary/aromatic N) is 1. The lowest BCUT2D eigenvalue weighted by atomic mass is 9.86. The molecule has 4 aliphatic rings. The maximum Gasteiger partial charge on any atom is 0.193 e. The van der Waals surface area contributed by atoms with Crippen LogP contribution >= 0.6 is 22.6 Å². The Labute approximate surface area is 360 Å². The molecule has 60 heavy (non-hydrogen) atoms. The van der Waals surface area contributed by atoms with Crippen LogP contribution in [0.1, 0.15) is 76.9 Å². The van der Waals surface area contributed by atoms with Crippen LogP contribution in [0.5, 0.6) is 17.2 Å². The number of aromatic hydroxyl groups is 3. The number of hydrogen-bond donors (Lipinski definition) is 7. The minimum atomic E-state index is -1.02. The number of hydrogen-bond acceptors (Lipinski definition) is 16. The van der Waals surface area contributed by atoms with E-state index in [1.54, 1.807) is 39.0 Å². The summed E-state index contributed by atoms with van der Waals surface area (Å²) in [5.74, 6) is -0.792. The summed E-state index contributed by atoms with van der Waals surface area (Å²) in [6.07, 6.45) is -7.15. The second kappa shape index (κ2) is 16.0. The van der Waals surface area contributed by atoms with Gasteiger partial charge in [-0.2, -0.15) is 0 Å². The number of rotatable bonds is 9. The Morgan fingerprint density at radius 1 is 0.883 bits per heavy atom. The van der Waals surface area contributed by atoms with Gasteiger partial charge in [-0.05, 0) is 72.8 Å². The van der Waals surface area contributed by atoms with Gasteiger partial charge in [0.15, 0.2) is 18.0 Å². The average molecular weight is 951 g/mol. The number of aliphatic hydroxyl groups excluding tert-OH is 3. The minimum absolute atomic E-state index is 0.00480. The molecular formula is C43H55IN2O14. The third-order valence-corrected chi connectivity index (χ3v) is 14.6. The lowest BCUT2D eigenvalue weighted by Gasteiger charge is -2.46. The van der Waals surface area contributed by atoms with E-state index in [2.05, 4.69) is 22.6 Å². The highest BCUT2D eigenvalue weighted by atomic mass is 127. The molecule has 3 aromatic carbocycles. The summed E-state index contributed by atoms with van der Waals surface area (Å²) in [5.41, 5.74) is 4.90. The third kappa shape index (κ3) is 7.35. The molecule has 17 heteroatoms. The number of alkyl halides is 1. The van der Waals surface area contributed by atoms with Crippen LogP contribution in [0.15, 0.2) is 33.5 Å². The first kappa shape index (κ1) is 43.7. The maximum atomic E-state index is 14.1. The van der Waals surface area contributed by atoms with Crippen molar-refractivity contribution in [2.75, 3.05) is 18.5 Å². The Kier molecular flexibility index (Phi) is 11.7. The molecule has 14 atom stereocenters. The number of phenolic OH excluding ortho intramolecular Hbond substituents is 3. The van der Waals surface area contributed by atoms with Gasteiger partial charge in [-0.3, -0.25) is 4.79 Å². The summed E-state index contributed by atoms with van der Waals surface area (Å²) < 4.78 is 43.7. The fourth-order valence-corrected chi connectivity index (χ4v) is 10.1. The fourth-order valence-electron chi connectivity index (χ4n) is 9.29. The fraction of sp³-hybridized carbons (Fsp3) is 0.605. The first-order valence-corrected chi connectivity index (χ1v) is 21.9. The number of fused-ring (bicyclic) bond motifs is 4. The Morgan fingerprint density at radius 3 is 2.23 bits per heavy atom. The van der Waals surface area contributed by atoms with Crippen molar-refractivity contribution in [3.63, 3.8) is 0 Å². The Hall–Kier alpha value is -2.92. The number of epoxide rings is 1. The van der Waals surface area contributed by atoms with Crippen LogP contribution in [0, 0.1) is 0 Å². The molecule has 4 aromatic rings. The van der Waals surface area contributed by atoms with Gasteiger partial charge in [0.2, 0.25) is 0 Å². The molecule has 0 saturated carbocycles. The predicted molar refractivity (Wildman–Crippen MR) is 227 cm³/mol. The summed E-state index contributed by atoms with van der Waals surface area (Å²) in [7, 11) is 3.80. The highest BCUT2D eigenvalue weighted by Crippen LogP contribution is 2.52. The van der Waals surface area contributed by atoms with Crippen LogP contribution in [-0.2, 0) is 40.6 Å². The van der Waals surface area contributed by atoms with Crippen LogP contribution < -0.4 is 11.2 Å². The van der Waals surface area contributed by atoms with Crippen LogP contribution in [-0.4, -0.2) is 127 Å². The van der Waals surface area contributed by atoms with Crippen LogP contribution in [0.4, 0.5) is 0 Å². The van der Waals surface area contributed by atoms with Gasteiger partial charge >= 0.3 is 0 Å². The molecule has 16 nitrogen and oxygen atoms in total. The number of benzene rings is 3. The molecule has 1 aromatic heterocycles. The molecule has 8 rings (SSSR count). The first-order chi connectivity index (χ1) is 28.3. The van der Waals surface area contributed by atoms with E-state index in [4.69, 9.17) is 38.6 Å². The van der Waals surface area contributed by atoms with E-state index < -0.39 is 83.7 Å². The number of likely N-dealkylation sites (N-methyl/N-ethyl adjacent to an activating group) is 1. The molecule has 0 spiro atoms. The van der Waals surface area contributed by atoms with Gasteiger partial charge in [0.1, 0.15) is 46.4 Å². The van der Waals surface area contributed by atoms with E-state index in [0.717, 1.165) is 0 Å². The van der Waals surface area contributed by atoms with Crippen molar-refractivity contribution < 1.29 is 63.5 Å². The zero-order valence-electron chi connectivity index (χ0n) is 34.6. The van der Waals surface area contributed by atoms with Crippen molar-refractivity contribution in [2.45, 2.75) is 145 Å². The molecule has 0 radical (unpaired) electrons. The Bertz CT molecular complexity index is 2350. The normalized spacial score (nSPS) is 37.4. The van der Waals surface area contributed by atoms with Crippen molar-refractivity contribution in [3.8, 4) is 17.2 Å². The molecule has 14 unspecified atom stereocenters. The topological polar surface area (TPSA) is 240 Å². The number of ether oxygens (including phenoxy) is 6. The molecule has 5 heterocycles. The van der Waals surface area contributed by atoms with Crippen LogP contribution in [0.2, 0.25) is 0 Å². The monoisotopic (exact) mass is 950 g/mol. The lowest BCUT2D eigenvalue weighted by molar-refractivity contribution is -0.287. The third-order valence-electron chi connectivity index (χ3n) is 13.2. The second-order valence-corrected chi connectivity index (χ2v) is 18.2.